The van der Waals surface area contributed by atoms with Gasteiger partial charge in [0.25, 0.3) is 0 Å². The van der Waals surface area contributed by atoms with E-state index in [0.717, 1.165) is 38.3 Å². The van der Waals surface area contributed by atoms with Crippen molar-refractivity contribution in [3.63, 3.8) is 0 Å². The molecular formula is C18H26Cl2N2O. The van der Waals surface area contributed by atoms with E-state index in [0.29, 0.717) is 6.04 Å². The smallest absolute Gasteiger partial charge is 0.124 e. The first kappa shape index (κ1) is 20.0. The van der Waals surface area contributed by atoms with Crippen molar-refractivity contribution in [2.45, 2.75) is 19.4 Å². The molecule has 0 aromatic heterocycles. The van der Waals surface area contributed by atoms with Gasteiger partial charge in [0, 0.05) is 37.8 Å². The fourth-order valence-corrected chi connectivity index (χ4v) is 3.44. The second-order valence-electron chi connectivity index (χ2n) is 5.61. The minimum Gasteiger partial charge on any atom is -0.496 e. The Hall–Kier alpha value is -1.00. The second kappa shape index (κ2) is 9.33. The predicted octanol–water partition coefficient (Wildman–Crippen LogP) is 4.05. The number of fused-ring (bicyclic) bond motifs is 1. The van der Waals surface area contributed by atoms with Gasteiger partial charge in [-0.2, -0.15) is 0 Å². The van der Waals surface area contributed by atoms with Crippen LogP contribution in [0.5, 0.6) is 5.75 Å². The third-order valence-electron chi connectivity index (χ3n) is 4.46. The molecule has 1 fully saturated rings. The van der Waals surface area contributed by atoms with Crippen LogP contribution in [0.25, 0.3) is 10.8 Å². The molecule has 0 aliphatic carbocycles. The summed E-state index contributed by atoms with van der Waals surface area (Å²) in [6, 6.07) is 13.3. The Bertz CT molecular complexity index is 615. The molecule has 0 bridgehead atoms. The maximum atomic E-state index is 5.68. The van der Waals surface area contributed by atoms with Crippen molar-refractivity contribution in [1.29, 1.82) is 0 Å². The van der Waals surface area contributed by atoms with E-state index in [1.54, 1.807) is 7.11 Å². The van der Waals surface area contributed by atoms with Crippen LogP contribution in [0.3, 0.4) is 0 Å². The third kappa shape index (κ3) is 4.10. The zero-order valence-electron chi connectivity index (χ0n) is 13.7. The highest BCUT2D eigenvalue weighted by Crippen LogP contribution is 2.37. The Labute approximate surface area is 151 Å². The summed E-state index contributed by atoms with van der Waals surface area (Å²) in [7, 11) is 1.78. The normalized spacial score (nSPS) is 16.3. The molecule has 1 heterocycles. The topological polar surface area (TPSA) is 24.5 Å². The van der Waals surface area contributed by atoms with Crippen LogP contribution in [-0.2, 0) is 0 Å². The van der Waals surface area contributed by atoms with Gasteiger partial charge in [-0.3, -0.25) is 4.90 Å². The van der Waals surface area contributed by atoms with Crippen LogP contribution in [0, 0.1) is 0 Å². The van der Waals surface area contributed by atoms with Gasteiger partial charge < -0.3 is 10.1 Å². The number of nitrogens with one attached hydrogen (secondary N) is 1. The molecule has 0 unspecified atom stereocenters. The first-order chi connectivity index (χ1) is 10.3. The molecule has 0 amide bonds. The monoisotopic (exact) mass is 356 g/mol. The Morgan fingerprint density at radius 2 is 1.78 bits per heavy atom. The van der Waals surface area contributed by atoms with Gasteiger partial charge in [-0.15, -0.1) is 24.8 Å². The van der Waals surface area contributed by atoms with Crippen molar-refractivity contribution >= 4 is 35.6 Å². The first-order valence-electron chi connectivity index (χ1n) is 7.85. The van der Waals surface area contributed by atoms with Crippen LogP contribution in [0.4, 0.5) is 0 Å². The average Bonchev–Trinajstić information content (AvgIpc) is 2.56. The van der Waals surface area contributed by atoms with E-state index >= 15 is 0 Å². The number of hydrogen-bond donors (Lipinski definition) is 1. The fourth-order valence-electron chi connectivity index (χ4n) is 3.44. The Balaban J connectivity index is 0.00000132. The summed E-state index contributed by atoms with van der Waals surface area (Å²) >= 11 is 0. The molecule has 0 saturated carbocycles. The number of halogens is 2. The van der Waals surface area contributed by atoms with E-state index in [9.17, 15) is 0 Å². The molecule has 1 saturated heterocycles. The molecule has 128 valence electrons. The molecule has 3 nitrogen and oxygen atoms in total. The summed E-state index contributed by atoms with van der Waals surface area (Å²) in [5.41, 5.74) is 1.35. The molecule has 2 aromatic rings. The molecule has 2 aromatic carbocycles. The molecule has 1 aliphatic rings. The zero-order chi connectivity index (χ0) is 14.7. The molecule has 23 heavy (non-hydrogen) atoms. The summed E-state index contributed by atoms with van der Waals surface area (Å²) in [6.45, 7) is 6.62. The number of rotatable bonds is 4. The van der Waals surface area contributed by atoms with Crippen molar-refractivity contribution in [3.8, 4) is 5.75 Å². The maximum Gasteiger partial charge on any atom is 0.124 e. The molecule has 5 heteroatoms. The Morgan fingerprint density at radius 3 is 2.43 bits per heavy atom. The summed E-state index contributed by atoms with van der Waals surface area (Å²) in [5.74, 6) is 1.01. The number of benzene rings is 2. The van der Waals surface area contributed by atoms with E-state index < -0.39 is 0 Å². The van der Waals surface area contributed by atoms with Crippen LogP contribution in [0.15, 0.2) is 36.4 Å². The molecular weight excluding hydrogens is 331 g/mol. The number of hydrogen-bond acceptors (Lipinski definition) is 3. The molecule has 1 atom stereocenters. The van der Waals surface area contributed by atoms with Gasteiger partial charge >= 0.3 is 0 Å². The van der Waals surface area contributed by atoms with Crippen LogP contribution in [-0.4, -0.2) is 38.2 Å². The Kier molecular flexibility index (Phi) is 8.13. The van der Waals surface area contributed by atoms with E-state index in [1.165, 1.54) is 16.3 Å². The highest BCUT2D eigenvalue weighted by Gasteiger charge is 2.25. The van der Waals surface area contributed by atoms with Crippen LogP contribution >= 0.6 is 24.8 Å². The van der Waals surface area contributed by atoms with Crippen LogP contribution < -0.4 is 10.1 Å². The average molecular weight is 357 g/mol. The van der Waals surface area contributed by atoms with Crippen LogP contribution in [0.1, 0.15) is 24.9 Å². The summed E-state index contributed by atoms with van der Waals surface area (Å²) in [6.07, 6.45) is 1.10. The van der Waals surface area contributed by atoms with Crippen molar-refractivity contribution in [2.24, 2.45) is 0 Å². The highest BCUT2D eigenvalue weighted by atomic mass is 35.5. The summed E-state index contributed by atoms with van der Waals surface area (Å²) in [5, 5.41) is 6.05. The summed E-state index contributed by atoms with van der Waals surface area (Å²) < 4.78 is 5.68. The first-order valence-corrected chi connectivity index (χ1v) is 7.85. The Morgan fingerprint density at radius 1 is 1.09 bits per heavy atom. The van der Waals surface area contributed by atoms with Crippen LogP contribution in [0.2, 0.25) is 0 Å². The predicted molar refractivity (Wildman–Crippen MR) is 102 cm³/mol. The van der Waals surface area contributed by atoms with Gasteiger partial charge in [-0.25, -0.2) is 0 Å². The lowest BCUT2D eigenvalue weighted by Gasteiger charge is -2.35. The van der Waals surface area contributed by atoms with Gasteiger partial charge in [-0.1, -0.05) is 37.3 Å². The zero-order valence-corrected chi connectivity index (χ0v) is 15.4. The fraction of sp³-hybridized carbons (Fsp3) is 0.444. The number of piperazine rings is 1. The lowest BCUT2D eigenvalue weighted by atomic mass is 9.94. The standard InChI is InChI=1S/C18H24N2O.2ClH/c1-3-16(20-12-10-19-11-13-20)18-15-7-5-4-6-14(15)8-9-17(18)21-2;;/h4-9,16,19H,3,10-13H2,1-2H3;2*1H/t16-;;/m0../s1. The molecule has 1 N–H and O–H groups in total. The minimum absolute atomic E-state index is 0. The molecule has 0 spiro atoms. The van der Waals surface area contributed by atoms with Crippen molar-refractivity contribution in [2.75, 3.05) is 33.3 Å². The largest absolute Gasteiger partial charge is 0.496 e. The van der Waals surface area contributed by atoms with Gasteiger partial charge in [0.05, 0.1) is 7.11 Å². The SMILES string of the molecule is CC[C@@H](c1c(OC)ccc2ccccc12)N1CCNCC1.Cl.Cl. The lowest BCUT2D eigenvalue weighted by Crippen LogP contribution is -2.45. The molecule has 1 aliphatic heterocycles. The number of ether oxygens (including phenoxy) is 1. The van der Waals surface area contributed by atoms with Gasteiger partial charge in [0.15, 0.2) is 0 Å². The van der Waals surface area contributed by atoms with Gasteiger partial charge in [-0.05, 0) is 23.3 Å². The van der Waals surface area contributed by atoms with E-state index in [-0.39, 0.29) is 24.8 Å². The van der Waals surface area contributed by atoms with E-state index in [1.807, 2.05) is 0 Å². The van der Waals surface area contributed by atoms with Crippen molar-refractivity contribution in [3.05, 3.63) is 42.0 Å². The van der Waals surface area contributed by atoms with Crippen molar-refractivity contribution < 1.29 is 4.74 Å². The minimum atomic E-state index is 0. The number of methoxy groups -OCH3 is 1. The molecule has 0 radical (unpaired) electrons. The second-order valence-corrected chi connectivity index (χ2v) is 5.61. The molecule has 3 rings (SSSR count). The van der Waals surface area contributed by atoms with Crippen molar-refractivity contribution in [1.82, 2.24) is 10.2 Å². The van der Waals surface area contributed by atoms with E-state index in [4.69, 9.17) is 4.74 Å². The summed E-state index contributed by atoms with van der Waals surface area (Å²) in [4.78, 5) is 2.58. The van der Waals surface area contributed by atoms with Gasteiger partial charge in [0.2, 0.25) is 0 Å². The maximum absolute atomic E-state index is 5.68. The van der Waals surface area contributed by atoms with E-state index in [2.05, 4.69) is 53.5 Å². The van der Waals surface area contributed by atoms with Gasteiger partial charge in [0.1, 0.15) is 5.75 Å². The third-order valence-corrected chi connectivity index (χ3v) is 4.46. The quantitative estimate of drug-likeness (QED) is 0.894. The highest BCUT2D eigenvalue weighted by molar-refractivity contribution is 5.88. The lowest BCUT2D eigenvalue weighted by molar-refractivity contribution is 0.167. The number of nitrogens with zero attached hydrogens (tertiary/aromatic N) is 1.